The lowest BCUT2D eigenvalue weighted by Crippen LogP contribution is -2.48. The number of benzene rings is 1. The van der Waals surface area contributed by atoms with Gasteiger partial charge in [0.2, 0.25) is 35.4 Å². The molecule has 390 valence electrons. The molecule has 0 aliphatic carbocycles. The highest BCUT2D eigenvalue weighted by Crippen LogP contribution is 2.36. The highest BCUT2D eigenvalue weighted by atomic mass is 16.5. The molecule has 0 aliphatic rings. The van der Waals surface area contributed by atoms with Crippen LogP contribution in [0.4, 0.5) is 0 Å². The van der Waals surface area contributed by atoms with Gasteiger partial charge < -0.3 is 70.9 Å². The van der Waals surface area contributed by atoms with Gasteiger partial charge in [-0.25, -0.2) is 9.59 Å². The summed E-state index contributed by atoms with van der Waals surface area (Å²) in [5, 5.41) is 43.4. The molecule has 69 heavy (non-hydrogen) atoms. The molecule has 0 fully saturated rings. The standard InChI is InChI=1S/C46H74N6O17/c1-6-7-8-17-47-38(55)27-50-40(57)29-68-25-22-65-20-18-48-39(56)28-67-24-23-66-21-19-49-42(60)34(14-16-41(58)59)51-36(53)15-13-35(44(63)64)52-37(54)26-45(2,3)30-46(4,5)31-69-33-11-9-32(10-12-33)43(61)62/h9-12,34-35H,6-8,13-31H2,1-5H3,(H,47,55)(H,48,56)(H,49,60)(H,50,57)(H,51,53)(H,52,54)(H,58,59)(H,61,62)(H,63,64). The Bertz CT molecular complexity index is 1780. The SMILES string of the molecule is CCCCCNC(=O)CNC(=O)COCCOCCNC(=O)COCCOCCNC(=O)C(CCC(=O)O)NC(=O)CCC(NC(=O)CC(C)(C)CC(C)(C)COc1ccc(C(=O)O)cc1)C(=O)O. The summed E-state index contributed by atoms with van der Waals surface area (Å²) in [6, 6.07) is 3.29. The van der Waals surface area contributed by atoms with Crippen molar-refractivity contribution in [2.75, 3.05) is 85.6 Å². The summed E-state index contributed by atoms with van der Waals surface area (Å²) in [7, 11) is 0. The summed E-state index contributed by atoms with van der Waals surface area (Å²) in [5.74, 6) is -6.20. The predicted molar refractivity (Wildman–Crippen MR) is 248 cm³/mol. The maximum atomic E-state index is 13.0. The number of unbranched alkanes of at least 4 members (excludes halogenated alkanes) is 2. The van der Waals surface area contributed by atoms with E-state index in [2.05, 4.69) is 38.8 Å². The molecule has 9 N–H and O–H groups in total. The molecule has 0 radical (unpaired) electrons. The van der Waals surface area contributed by atoms with Crippen LogP contribution in [0.15, 0.2) is 24.3 Å². The number of hydrogen-bond acceptors (Lipinski definition) is 14. The molecule has 0 saturated heterocycles. The third kappa shape index (κ3) is 31.7. The molecule has 2 unspecified atom stereocenters. The summed E-state index contributed by atoms with van der Waals surface area (Å²) >= 11 is 0. The number of amides is 6. The van der Waals surface area contributed by atoms with Gasteiger partial charge in [0.25, 0.3) is 0 Å². The largest absolute Gasteiger partial charge is 0.493 e. The number of carboxylic acid groups (broad SMARTS) is 3. The van der Waals surface area contributed by atoms with Gasteiger partial charge in [0.05, 0.1) is 58.4 Å². The smallest absolute Gasteiger partial charge is 0.335 e. The lowest BCUT2D eigenvalue weighted by atomic mass is 9.73. The minimum Gasteiger partial charge on any atom is -0.493 e. The van der Waals surface area contributed by atoms with Crippen molar-refractivity contribution in [1.82, 2.24) is 31.9 Å². The molecule has 0 bridgehead atoms. The van der Waals surface area contributed by atoms with Crippen molar-refractivity contribution in [3.8, 4) is 5.75 Å². The zero-order valence-corrected chi connectivity index (χ0v) is 40.6. The summed E-state index contributed by atoms with van der Waals surface area (Å²) in [4.78, 5) is 109. The second kappa shape index (κ2) is 34.4. The Labute approximate surface area is 403 Å². The number of hydrogen-bond donors (Lipinski definition) is 9. The first-order chi connectivity index (χ1) is 32.6. The van der Waals surface area contributed by atoms with E-state index in [1.54, 1.807) is 12.1 Å². The van der Waals surface area contributed by atoms with Gasteiger partial charge in [-0.1, -0.05) is 47.5 Å². The Morgan fingerprint density at radius 2 is 1.13 bits per heavy atom. The quantitative estimate of drug-likeness (QED) is 0.0415. The van der Waals surface area contributed by atoms with E-state index in [1.165, 1.54) is 12.1 Å². The Hall–Kier alpha value is -5.91. The normalized spacial score (nSPS) is 12.2. The predicted octanol–water partition coefficient (Wildman–Crippen LogP) is 1.02. The average Bonchev–Trinajstić information content (AvgIpc) is 3.27. The molecule has 0 spiro atoms. The van der Waals surface area contributed by atoms with Gasteiger partial charge in [-0.15, -0.1) is 0 Å². The summed E-state index contributed by atoms with van der Waals surface area (Å²) in [5.41, 5.74) is -0.920. The molecule has 6 amide bonds. The van der Waals surface area contributed by atoms with Gasteiger partial charge >= 0.3 is 17.9 Å². The lowest BCUT2D eigenvalue weighted by Gasteiger charge is -2.34. The van der Waals surface area contributed by atoms with Crippen LogP contribution in [0.1, 0.15) is 103 Å². The number of aliphatic carboxylic acids is 2. The van der Waals surface area contributed by atoms with Crippen LogP contribution in [-0.2, 0) is 57.3 Å². The topological polar surface area (TPSA) is 333 Å². The molecule has 0 heterocycles. The van der Waals surface area contributed by atoms with Crippen LogP contribution in [0.2, 0.25) is 0 Å². The molecule has 0 saturated carbocycles. The second-order valence-corrected chi connectivity index (χ2v) is 17.7. The first-order valence-corrected chi connectivity index (χ1v) is 23.0. The van der Waals surface area contributed by atoms with Crippen LogP contribution in [0.25, 0.3) is 0 Å². The molecule has 1 aromatic rings. The minimum absolute atomic E-state index is 0.00889. The van der Waals surface area contributed by atoms with Crippen LogP contribution in [0.5, 0.6) is 5.75 Å². The van der Waals surface area contributed by atoms with Gasteiger partial charge in [-0.3, -0.25) is 33.6 Å². The number of nitrogens with one attached hydrogen (secondary N) is 6. The monoisotopic (exact) mass is 983 g/mol. The first-order valence-electron chi connectivity index (χ1n) is 23.0. The molecule has 1 aromatic carbocycles. The van der Waals surface area contributed by atoms with Gasteiger partial charge in [0.1, 0.15) is 31.0 Å². The zero-order valence-electron chi connectivity index (χ0n) is 40.6. The van der Waals surface area contributed by atoms with E-state index >= 15 is 0 Å². The maximum absolute atomic E-state index is 13.0. The Morgan fingerprint density at radius 3 is 1.71 bits per heavy atom. The number of carboxylic acids is 3. The number of ether oxygens (including phenoxy) is 5. The highest BCUT2D eigenvalue weighted by molar-refractivity contribution is 5.89. The molecular weight excluding hydrogens is 909 g/mol. The number of aromatic carboxylic acids is 1. The van der Waals surface area contributed by atoms with Crippen LogP contribution < -0.4 is 36.6 Å². The van der Waals surface area contributed by atoms with E-state index < -0.39 is 83.2 Å². The first kappa shape index (κ1) is 61.1. The Kier molecular flexibility index (Phi) is 30.5. The lowest BCUT2D eigenvalue weighted by molar-refractivity contribution is -0.143. The van der Waals surface area contributed by atoms with Crippen LogP contribution >= 0.6 is 0 Å². The second-order valence-electron chi connectivity index (χ2n) is 17.7. The minimum atomic E-state index is -1.43. The van der Waals surface area contributed by atoms with Crippen molar-refractivity contribution in [3.05, 3.63) is 29.8 Å². The van der Waals surface area contributed by atoms with E-state index in [4.69, 9.17) is 28.8 Å². The number of carbonyl (C=O) groups excluding carboxylic acids is 6. The molecule has 23 nitrogen and oxygen atoms in total. The molecule has 1 rings (SSSR count). The molecule has 2 atom stereocenters. The van der Waals surface area contributed by atoms with Gasteiger partial charge in [-0.05, 0) is 60.8 Å². The van der Waals surface area contributed by atoms with Crippen LogP contribution in [0.3, 0.4) is 0 Å². The molecule has 23 heteroatoms. The van der Waals surface area contributed by atoms with Crippen molar-refractivity contribution in [3.63, 3.8) is 0 Å². The van der Waals surface area contributed by atoms with Crippen molar-refractivity contribution in [2.45, 2.75) is 104 Å². The molecule has 0 aliphatic heterocycles. The van der Waals surface area contributed by atoms with Crippen molar-refractivity contribution >= 4 is 53.4 Å². The van der Waals surface area contributed by atoms with E-state index in [0.717, 1.165) is 19.3 Å². The van der Waals surface area contributed by atoms with Gasteiger partial charge in [-0.2, -0.15) is 0 Å². The van der Waals surface area contributed by atoms with Crippen LogP contribution in [0, 0.1) is 10.8 Å². The third-order valence-corrected chi connectivity index (χ3v) is 9.79. The Morgan fingerprint density at radius 1 is 0.580 bits per heavy atom. The summed E-state index contributed by atoms with van der Waals surface area (Å²) in [6.45, 7) is 10.7. The van der Waals surface area contributed by atoms with E-state index in [9.17, 15) is 53.4 Å². The zero-order chi connectivity index (χ0) is 51.7. The molecule has 0 aromatic heterocycles. The number of rotatable bonds is 40. The Balaban J connectivity index is 2.33. The fourth-order valence-corrected chi connectivity index (χ4v) is 6.75. The summed E-state index contributed by atoms with van der Waals surface area (Å²) < 4.78 is 27.1. The van der Waals surface area contributed by atoms with Gasteiger partial charge in [0, 0.05) is 38.9 Å². The van der Waals surface area contributed by atoms with Crippen LogP contribution in [-0.4, -0.2) is 166 Å². The maximum Gasteiger partial charge on any atom is 0.335 e. The summed E-state index contributed by atoms with van der Waals surface area (Å²) in [6.07, 6.45) is 2.00. The van der Waals surface area contributed by atoms with Crippen molar-refractivity contribution in [2.24, 2.45) is 10.8 Å². The van der Waals surface area contributed by atoms with E-state index in [1.807, 2.05) is 27.7 Å². The highest BCUT2D eigenvalue weighted by Gasteiger charge is 2.33. The van der Waals surface area contributed by atoms with E-state index in [-0.39, 0.29) is 110 Å². The molecular formula is C46H74N6O17. The van der Waals surface area contributed by atoms with Crippen molar-refractivity contribution in [1.29, 1.82) is 0 Å². The fourth-order valence-electron chi connectivity index (χ4n) is 6.75. The van der Waals surface area contributed by atoms with Gasteiger partial charge in [0.15, 0.2) is 0 Å². The third-order valence-electron chi connectivity index (χ3n) is 9.79. The fraction of sp³-hybridized carbons (Fsp3) is 0.674. The average molecular weight is 983 g/mol. The van der Waals surface area contributed by atoms with E-state index in [0.29, 0.717) is 18.7 Å². The van der Waals surface area contributed by atoms with Crippen molar-refractivity contribution < 1.29 is 82.2 Å². The number of carbonyl (C=O) groups is 9.